The van der Waals surface area contributed by atoms with Crippen molar-refractivity contribution in [3.05, 3.63) is 42.0 Å². The van der Waals surface area contributed by atoms with Gasteiger partial charge in [0.1, 0.15) is 19.0 Å². The van der Waals surface area contributed by atoms with Gasteiger partial charge in [-0.1, -0.05) is 18.9 Å². The number of carbonyl (C=O) groups is 2. The molecule has 2 aliphatic heterocycles. The molecule has 2 amide bonds. The van der Waals surface area contributed by atoms with Gasteiger partial charge in [-0.05, 0) is 55.7 Å². The van der Waals surface area contributed by atoms with E-state index in [9.17, 15) is 9.59 Å². The van der Waals surface area contributed by atoms with Crippen molar-refractivity contribution in [3.63, 3.8) is 0 Å². The van der Waals surface area contributed by atoms with Crippen LogP contribution in [0, 0.1) is 0 Å². The van der Waals surface area contributed by atoms with Crippen molar-refractivity contribution in [3.8, 4) is 17.2 Å². The van der Waals surface area contributed by atoms with E-state index in [4.69, 9.17) is 14.2 Å². The Balaban J connectivity index is 1.42. The second-order valence-electron chi connectivity index (χ2n) is 8.06. The Kier molecular flexibility index (Phi) is 4.53. The molecule has 0 saturated heterocycles. The van der Waals surface area contributed by atoms with E-state index in [1.807, 2.05) is 18.2 Å². The molecule has 7 heteroatoms. The van der Waals surface area contributed by atoms with E-state index in [1.54, 1.807) is 25.1 Å². The molecule has 2 heterocycles. The molecule has 2 N–H and O–H groups in total. The highest BCUT2D eigenvalue weighted by Crippen LogP contribution is 2.45. The summed E-state index contributed by atoms with van der Waals surface area (Å²) in [5.74, 6) is 1.77. The maximum atomic E-state index is 13.5. The average molecular weight is 408 g/mol. The van der Waals surface area contributed by atoms with Crippen LogP contribution in [0.15, 0.2) is 36.4 Å². The summed E-state index contributed by atoms with van der Waals surface area (Å²) < 4.78 is 17.0. The van der Waals surface area contributed by atoms with Gasteiger partial charge in [0, 0.05) is 5.69 Å². The predicted octanol–water partition coefficient (Wildman–Crippen LogP) is 3.63. The standard InChI is InChI=1S/C23H24N2O5/c1-14-21(26)25-17-13-16(5-7-18(17)30-14)24-22(27)23(8-2-3-9-23)15-4-6-19-20(12-15)29-11-10-28-19/h4-7,12-14H,2-3,8-11H2,1H3,(H,24,27)(H,25,26). The van der Waals surface area contributed by atoms with E-state index in [2.05, 4.69) is 10.6 Å². The number of rotatable bonds is 3. The molecule has 3 aliphatic rings. The number of hydrogen-bond donors (Lipinski definition) is 2. The first kappa shape index (κ1) is 18.8. The number of nitrogens with one attached hydrogen (secondary N) is 2. The Labute approximate surface area is 174 Å². The van der Waals surface area contributed by atoms with Crippen LogP contribution in [0.2, 0.25) is 0 Å². The van der Waals surface area contributed by atoms with Crippen LogP contribution >= 0.6 is 0 Å². The minimum absolute atomic E-state index is 0.0481. The Morgan fingerprint density at radius 3 is 2.57 bits per heavy atom. The normalized spacial score (nSPS) is 21.2. The number of hydrogen-bond acceptors (Lipinski definition) is 5. The first-order valence-corrected chi connectivity index (χ1v) is 10.4. The lowest BCUT2D eigenvalue weighted by molar-refractivity contribution is -0.123. The van der Waals surface area contributed by atoms with Crippen molar-refractivity contribution in [1.29, 1.82) is 0 Å². The quantitative estimate of drug-likeness (QED) is 0.810. The zero-order valence-electron chi connectivity index (χ0n) is 16.8. The number of anilines is 2. The summed E-state index contributed by atoms with van der Waals surface area (Å²) in [7, 11) is 0. The van der Waals surface area contributed by atoms with Crippen molar-refractivity contribution in [1.82, 2.24) is 0 Å². The topological polar surface area (TPSA) is 85.9 Å². The maximum Gasteiger partial charge on any atom is 0.265 e. The lowest BCUT2D eigenvalue weighted by Crippen LogP contribution is -2.38. The minimum atomic E-state index is -0.611. The van der Waals surface area contributed by atoms with Crippen LogP contribution in [0.5, 0.6) is 17.2 Å². The molecule has 1 atom stereocenters. The highest BCUT2D eigenvalue weighted by Gasteiger charge is 2.43. The molecule has 2 aromatic carbocycles. The molecule has 2 aromatic rings. The van der Waals surface area contributed by atoms with E-state index < -0.39 is 11.5 Å². The smallest absolute Gasteiger partial charge is 0.265 e. The Bertz CT molecular complexity index is 1010. The van der Waals surface area contributed by atoms with Gasteiger partial charge < -0.3 is 24.8 Å². The fourth-order valence-electron chi connectivity index (χ4n) is 4.50. The molecule has 1 fully saturated rings. The van der Waals surface area contributed by atoms with Gasteiger partial charge in [0.2, 0.25) is 5.91 Å². The van der Waals surface area contributed by atoms with Crippen molar-refractivity contribution >= 4 is 23.2 Å². The van der Waals surface area contributed by atoms with Crippen molar-refractivity contribution in [2.45, 2.75) is 44.1 Å². The highest BCUT2D eigenvalue weighted by molar-refractivity contribution is 6.02. The maximum absolute atomic E-state index is 13.5. The molecule has 7 nitrogen and oxygen atoms in total. The number of fused-ring (bicyclic) bond motifs is 2. The number of amides is 2. The molecule has 1 saturated carbocycles. The highest BCUT2D eigenvalue weighted by atomic mass is 16.6. The van der Waals surface area contributed by atoms with Crippen LogP contribution in [-0.4, -0.2) is 31.1 Å². The van der Waals surface area contributed by atoms with Gasteiger partial charge >= 0.3 is 0 Å². The average Bonchev–Trinajstić information content (AvgIpc) is 3.26. The van der Waals surface area contributed by atoms with Gasteiger partial charge in [0.25, 0.3) is 5.91 Å². The molecule has 156 valence electrons. The van der Waals surface area contributed by atoms with Gasteiger partial charge in [0.05, 0.1) is 11.1 Å². The Hall–Kier alpha value is -3.22. The van der Waals surface area contributed by atoms with E-state index in [0.717, 1.165) is 37.0 Å². The van der Waals surface area contributed by atoms with Crippen LogP contribution in [0.4, 0.5) is 11.4 Å². The predicted molar refractivity (Wildman–Crippen MR) is 111 cm³/mol. The summed E-state index contributed by atoms with van der Waals surface area (Å²) >= 11 is 0. The van der Waals surface area contributed by atoms with Crippen LogP contribution in [-0.2, 0) is 15.0 Å². The SMILES string of the molecule is CC1Oc2ccc(NC(=O)C3(c4ccc5c(c4)OCCO5)CCCC3)cc2NC1=O. The van der Waals surface area contributed by atoms with Gasteiger partial charge in [-0.25, -0.2) is 0 Å². The Morgan fingerprint density at radius 1 is 1.03 bits per heavy atom. The number of benzene rings is 2. The molecule has 5 rings (SSSR count). The van der Waals surface area contributed by atoms with Crippen LogP contribution < -0.4 is 24.8 Å². The first-order valence-electron chi connectivity index (χ1n) is 10.4. The largest absolute Gasteiger partial charge is 0.486 e. The van der Waals surface area contributed by atoms with Crippen molar-refractivity contribution < 1.29 is 23.8 Å². The van der Waals surface area contributed by atoms with Gasteiger partial charge in [-0.3, -0.25) is 9.59 Å². The summed E-state index contributed by atoms with van der Waals surface area (Å²) in [5.41, 5.74) is 1.53. The monoisotopic (exact) mass is 408 g/mol. The molecule has 1 unspecified atom stereocenters. The minimum Gasteiger partial charge on any atom is -0.486 e. The first-order chi connectivity index (χ1) is 14.5. The van der Waals surface area contributed by atoms with E-state index in [1.165, 1.54) is 0 Å². The van der Waals surface area contributed by atoms with E-state index in [0.29, 0.717) is 36.1 Å². The molecule has 0 spiro atoms. The molecule has 1 aliphatic carbocycles. The van der Waals surface area contributed by atoms with E-state index >= 15 is 0 Å². The molecule has 30 heavy (non-hydrogen) atoms. The summed E-state index contributed by atoms with van der Waals surface area (Å²) in [6, 6.07) is 11.1. The third kappa shape index (κ3) is 3.14. The molecular weight excluding hydrogens is 384 g/mol. The second-order valence-corrected chi connectivity index (χ2v) is 8.06. The molecular formula is C23H24N2O5. The third-order valence-corrected chi connectivity index (χ3v) is 6.15. The van der Waals surface area contributed by atoms with Gasteiger partial charge in [0.15, 0.2) is 17.6 Å². The summed E-state index contributed by atoms with van der Waals surface area (Å²) in [4.78, 5) is 25.4. The van der Waals surface area contributed by atoms with Crippen molar-refractivity contribution in [2.75, 3.05) is 23.8 Å². The lowest BCUT2D eigenvalue weighted by Gasteiger charge is -2.30. The van der Waals surface area contributed by atoms with Crippen molar-refractivity contribution in [2.24, 2.45) is 0 Å². The molecule has 0 aromatic heterocycles. The lowest BCUT2D eigenvalue weighted by atomic mass is 9.77. The zero-order chi connectivity index (χ0) is 20.7. The fourth-order valence-corrected chi connectivity index (χ4v) is 4.50. The third-order valence-electron chi connectivity index (χ3n) is 6.15. The van der Waals surface area contributed by atoms with Gasteiger partial charge in [-0.15, -0.1) is 0 Å². The second kappa shape index (κ2) is 7.23. The molecule has 0 radical (unpaired) electrons. The van der Waals surface area contributed by atoms with Gasteiger partial charge in [-0.2, -0.15) is 0 Å². The number of ether oxygens (including phenoxy) is 3. The number of carbonyl (C=O) groups excluding carboxylic acids is 2. The zero-order valence-corrected chi connectivity index (χ0v) is 16.8. The summed E-state index contributed by atoms with van der Waals surface area (Å²) in [6.07, 6.45) is 3.01. The fraction of sp³-hybridized carbons (Fsp3) is 0.391. The van der Waals surface area contributed by atoms with Crippen LogP contribution in [0.3, 0.4) is 0 Å². The van der Waals surface area contributed by atoms with Crippen LogP contribution in [0.25, 0.3) is 0 Å². The van der Waals surface area contributed by atoms with E-state index in [-0.39, 0.29) is 11.8 Å². The van der Waals surface area contributed by atoms with Crippen LogP contribution in [0.1, 0.15) is 38.2 Å². The molecule has 0 bridgehead atoms. The summed E-state index contributed by atoms with van der Waals surface area (Å²) in [5, 5.41) is 5.88. The summed E-state index contributed by atoms with van der Waals surface area (Å²) in [6.45, 7) is 2.75. The Morgan fingerprint density at radius 2 is 1.77 bits per heavy atom.